The van der Waals surface area contributed by atoms with Crippen LogP contribution >= 0.6 is 0 Å². The van der Waals surface area contributed by atoms with E-state index in [0.717, 1.165) is 38.2 Å². The maximum absolute atomic E-state index is 12.9. The minimum absolute atomic E-state index is 0.0476. The van der Waals surface area contributed by atoms with E-state index in [-0.39, 0.29) is 17.9 Å². The van der Waals surface area contributed by atoms with Gasteiger partial charge in [-0.2, -0.15) is 13.2 Å². The monoisotopic (exact) mass is 473 g/mol. The van der Waals surface area contributed by atoms with Gasteiger partial charge in [0.1, 0.15) is 17.8 Å². The van der Waals surface area contributed by atoms with Crippen LogP contribution < -0.4 is 5.32 Å². The topological polar surface area (TPSA) is 88.8 Å². The second-order valence-corrected chi connectivity index (χ2v) is 8.90. The number of nitrogens with zero attached hydrogens (tertiary/aromatic N) is 6. The number of fused-ring (bicyclic) bond motifs is 1. The molecule has 1 aliphatic heterocycles. The van der Waals surface area contributed by atoms with Crippen molar-refractivity contribution >= 4 is 22.9 Å². The van der Waals surface area contributed by atoms with E-state index in [1.807, 2.05) is 16.4 Å². The molecule has 0 bridgehead atoms. The summed E-state index contributed by atoms with van der Waals surface area (Å²) in [6, 6.07) is 2.37. The van der Waals surface area contributed by atoms with Crippen LogP contribution in [0.3, 0.4) is 0 Å². The van der Waals surface area contributed by atoms with Crippen LogP contribution in [0.1, 0.15) is 44.7 Å². The van der Waals surface area contributed by atoms with Crippen LogP contribution in [0, 0.1) is 5.92 Å². The molecule has 4 heterocycles. The number of amides is 1. The molecule has 1 N–H and O–H groups in total. The summed E-state index contributed by atoms with van der Waals surface area (Å²) in [7, 11) is 0. The molecule has 34 heavy (non-hydrogen) atoms. The molecule has 11 heteroatoms. The summed E-state index contributed by atoms with van der Waals surface area (Å²) in [4.78, 5) is 31.7. The van der Waals surface area contributed by atoms with Crippen molar-refractivity contribution in [3.63, 3.8) is 0 Å². The van der Waals surface area contributed by atoms with E-state index < -0.39 is 11.9 Å². The zero-order valence-corrected chi connectivity index (χ0v) is 18.8. The Balaban J connectivity index is 1.39. The molecular formula is C23H26F3N7O. The number of imidazole rings is 1. The summed E-state index contributed by atoms with van der Waals surface area (Å²) in [5.74, 6) is 1.44. The Morgan fingerprint density at radius 1 is 1.15 bits per heavy atom. The molecule has 2 aliphatic rings. The first-order valence-corrected chi connectivity index (χ1v) is 11.7. The second kappa shape index (κ2) is 8.84. The third-order valence-electron chi connectivity index (χ3n) is 6.71. The molecule has 0 spiro atoms. The molecule has 3 aromatic heterocycles. The van der Waals surface area contributed by atoms with E-state index in [1.165, 1.54) is 18.6 Å². The van der Waals surface area contributed by atoms with Crippen molar-refractivity contribution in [2.24, 2.45) is 5.92 Å². The van der Waals surface area contributed by atoms with Gasteiger partial charge in [-0.3, -0.25) is 9.78 Å². The zero-order chi connectivity index (χ0) is 23.9. The van der Waals surface area contributed by atoms with Gasteiger partial charge in [-0.25, -0.2) is 15.0 Å². The standard InChI is InChI=1S/C23H26F3N7O/c1-2-33-20(15-7-8-17(27-11-15)23(24,25)26)31-18-19(28-13-29-21(18)33)30-16-9-10-32(12-16)22(34)14-5-3-4-6-14/h7-8,11,13-14,16H,2-6,9-10,12H2,1H3,(H,28,29,30)/t16-/m0/s1. The fourth-order valence-electron chi connectivity index (χ4n) is 4.96. The fraction of sp³-hybridized carbons (Fsp3) is 0.522. The van der Waals surface area contributed by atoms with E-state index >= 15 is 0 Å². The summed E-state index contributed by atoms with van der Waals surface area (Å²) >= 11 is 0. The molecule has 1 amide bonds. The molecule has 0 unspecified atom stereocenters. The van der Waals surface area contributed by atoms with E-state index in [1.54, 1.807) is 0 Å². The number of alkyl halides is 3. The SMILES string of the molecule is CCn1c(-c2ccc(C(F)(F)F)nc2)nc2c(N[C@H]3CCN(C(=O)C4CCCC4)C3)ncnc21. The largest absolute Gasteiger partial charge is 0.433 e. The predicted octanol–water partition coefficient (Wildman–Crippen LogP) is 4.13. The molecule has 0 aromatic carbocycles. The van der Waals surface area contributed by atoms with Crippen molar-refractivity contribution in [1.82, 2.24) is 29.4 Å². The fourth-order valence-corrected chi connectivity index (χ4v) is 4.96. The van der Waals surface area contributed by atoms with Crippen LogP contribution in [0.5, 0.6) is 0 Å². The number of nitrogens with one attached hydrogen (secondary N) is 1. The maximum atomic E-state index is 12.9. The van der Waals surface area contributed by atoms with Gasteiger partial charge >= 0.3 is 6.18 Å². The van der Waals surface area contributed by atoms with Crippen molar-refractivity contribution in [3.05, 3.63) is 30.4 Å². The molecule has 1 aliphatic carbocycles. The number of hydrogen-bond acceptors (Lipinski definition) is 6. The number of halogens is 3. The lowest BCUT2D eigenvalue weighted by Gasteiger charge is -2.20. The summed E-state index contributed by atoms with van der Waals surface area (Å²) in [6.07, 6.45) is 3.16. The normalized spacial score (nSPS) is 19.3. The van der Waals surface area contributed by atoms with E-state index in [2.05, 4.69) is 25.3 Å². The number of carbonyl (C=O) groups excluding carboxylic acids is 1. The Bertz CT molecular complexity index is 1190. The number of carbonyl (C=O) groups is 1. The van der Waals surface area contributed by atoms with Crippen molar-refractivity contribution in [1.29, 1.82) is 0 Å². The molecule has 1 atom stereocenters. The molecule has 2 fully saturated rings. The van der Waals surface area contributed by atoms with Gasteiger partial charge in [0.15, 0.2) is 17.0 Å². The third-order valence-corrected chi connectivity index (χ3v) is 6.71. The van der Waals surface area contributed by atoms with Crippen LogP contribution in [-0.4, -0.2) is 54.4 Å². The lowest BCUT2D eigenvalue weighted by atomic mass is 10.1. The van der Waals surface area contributed by atoms with Crippen molar-refractivity contribution in [3.8, 4) is 11.4 Å². The third kappa shape index (κ3) is 4.19. The van der Waals surface area contributed by atoms with Gasteiger partial charge < -0.3 is 14.8 Å². The number of hydrogen-bond donors (Lipinski definition) is 1. The number of aromatic nitrogens is 5. The highest BCUT2D eigenvalue weighted by Crippen LogP contribution is 2.32. The molecule has 1 saturated heterocycles. The highest BCUT2D eigenvalue weighted by molar-refractivity contribution is 5.86. The molecule has 0 radical (unpaired) electrons. The van der Waals surface area contributed by atoms with Crippen LogP contribution in [0.15, 0.2) is 24.7 Å². The Morgan fingerprint density at radius 2 is 1.94 bits per heavy atom. The first kappa shape index (κ1) is 22.5. The minimum atomic E-state index is -4.50. The lowest BCUT2D eigenvalue weighted by molar-refractivity contribution is -0.141. The van der Waals surface area contributed by atoms with Gasteiger partial charge in [0.25, 0.3) is 0 Å². The van der Waals surface area contributed by atoms with Gasteiger partial charge in [-0.05, 0) is 38.3 Å². The van der Waals surface area contributed by atoms with Crippen LogP contribution in [0.4, 0.5) is 19.0 Å². The van der Waals surface area contributed by atoms with Gasteiger partial charge in [-0.1, -0.05) is 12.8 Å². The van der Waals surface area contributed by atoms with Crippen molar-refractivity contribution < 1.29 is 18.0 Å². The second-order valence-electron chi connectivity index (χ2n) is 8.90. The smallest absolute Gasteiger partial charge is 0.364 e. The Hall–Kier alpha value is -3.24. The number of aryl methyl sites for hydroxylation is 1. The summed E-state index contributed by atoms with van der Waals surface area (Å²) in [6.45, 7) is 3.77. The van der Waals surface area contributed by atoms with Crippen LogP contribution in [0.2, 0.25) is 0 Å². The number of likely N-dealkylation sites (tertiary alicyclic amines) is 1. The molecule has 8 nitrogen and oxygen atoms in total. The molecule has 3 aromatic rings. The minimum Gasteiger partial charge on any atom is -0.364 e. The predicted molar refractivity (Wildman–Crippen MR) is 120 cm³/mol. The van der Waals surface area contributed by atoms with E-state index in [4.69, 9.17) is 0 Å². The van der Waals surface area contributed by atoms with Gasteiger partial charge in [0.2, 0.25) is 5.91 Å². The van der Waals surface area contributed by atoms with Crippen LogP contribution in [-0.2, 0) is 17.5 Å². The molecular weight excluding hydrogens is 447 g/mol. The molecule has 5 rings (SSSR count). The van der Waals surface area contributed by atoms with Crippen molar-refractivity contribution in [2.75, 3.05) is 18.4 Å². The number of rotatable bonds is 5. The lowest BCUT2D eigenvalue weighted by Crippen LogP contribution is -2.35. The average Bonchev–Trinajstić information content (AvgIpc) is 3.58. The highest BCUT2D eigenvalue weighted by Gasteiger charge is 2.34. The van der Waals surface area contributed by atoms with Gasteiger partial charge in [0, 0.05) is 43.4 Å². The van der Waals surface area contributed by atoms with Gasteiger partial charge in [0.05, 0.1) is 0 Å². The number of anilines is 1. The molecule has 1 saturated carbocycles. The summed E-state index contributed by atoms with van der Waals surface area (Å²) in [5, 5.41) is 3.42. The summed E-state index contributed by atoms with van der Waals surface area (Å²) < 4.78 is 40.6. The highest BCUT2D eigenvalue weighted by atomic mass is 19.4. The average molecular weight is 474 g/mol. The van der Waals surface area contributed by atoms with Crippen molar-refractivity contribution in [2.45, 2.75) is 57.8 Å². The zero-order valence-electron chi connectivity index (χ0n) is 18.8. The Morgan fingerprint density at radius 3 is 2.62 bits per heavy atom. The van der Waals surface area contributed by atoms with E-state index in [9.17, 15) is 18.0 Å². The first-order chi connectivity index (χ1) is 16.3. The first-order valence-electron chi connectivity index (χ1n) is 11.7. The summed E-state index contributed by atoms with van der Waals surface area (Å²) in [5.41, 5.74) is 0.648. The quantitative estimate of drug-likeness (QED) is 0.600. The van der Waals surface area contributed by atoms with E-state index in [0.29, 0.717) is 48.0 Å². The van der Waals surface area contributed by atoms with Crippen LogP contribution in [0.25, 0.3) is 22.6 Å². The Labute approximate surface area is 194 Å². The number of pyridine rings is 1. The van der Waals surface area contributed by atoms with Gasteiger partial charge in [-0.15, -0.1) is 0 Å². The maximum Gasteiger partial charge on any atom is 0.433 e. The molecule has 180 valence electrons. The Kier molecular flexibility index (Phi) is 5.86.